The second-order valence-corrected chi connectivity index (χ2v) is 6.68. The second kappa shape index (κ2) is 7.74. The summed E-state index contributed by atoms with van der Waals surface area (Å²) in [5.74, 6) is 1.11. The number of carbonyl (C=O) groups is 1. The average molecular weight is 339 g/mol. The van der Waals surface area contributed by atoms with E-state index in [1.165, 1.54) is 5.56 Å². The van der Waals surface area contributed by atoms with Crippen molar-refractivity contribution in [2.45, 2.75) is 32.8 Å². The van der Waals surface area contributed by atoms with Crippen LogP contribution in [-0.2, 0) is 11.2 Å². The first-order valence-electron chi connectivity index (χ1n) is 8.74. The van der Waals surface area contributed by atoms with Crippen LogP contribution in [0.2, 0.25) is 0 Å². The second-order valence-electron chi connectivity index (χ2n) is 6.68. The van der Waals surface area contributed by atoms with Crippen molar-refractivity contribution >= 4 is 5.91 Å². The van der Waals surface area contributed by atoms with Crippen LogP contribution in [-0.4, -0.2) is 47.1 Å². The van der Waals surface area contributed by atoms with Gasteiger partial charge in [-0.1, -0.05) is 30.3 Å². The fourth-order valence-corrected chi connectivity index (χ4v) is 3.53. The zero-order valence-electron chi connectivity index (χ0n) is 15.1. The molecule has 0 spiro atoms. The fourth-order valence-electron chi connectivity index (χ4n) is 3.53. The summed E-state index contributed by atoms with van der Waals surface area (Å²) >= 11 is 0. The Morgan fingerprint density at radius 3 is 2.72 bits per heavy atom. The van der Waals surface area contributed by atoms with Gasteiger partial charge in [-0.25, -0.2) is 9.97 Å². The zero-order chi connectivity index (χ0) is 17.8. The minimum atomic E-state index is -0.00212. The molecular formula is C20H25N3O2. The van der Waals surface area contributed by atoms with E-state index in [-0.39, 0.29) is 12.0 Å². The number of aromatic nitrogens is 2. The Morgan fingerprint density at radius 2 is 2.04 bits per heavy atom. The normalized spacial score (nSPS) is 20.5. The van der Waals surface area contributed by atoms with E-state index >= 15 is 0 Å². The highest BCUT2D eigenvalue weighted by Gasteiger charge is 2.32. The van der Waals surface area contributed by atoms with E-state index in [4.69, 9.17) is 4.74 Å². The van der Waals surface area contributed by atoms with Gasteiger partial charge >= 0.3 is 0 Å². The Bertz CT molecular complexity index is 733. The van der Waals surface area contributed by atoms with E-state index in [9.17, 15) is 4.79 Å². The summed E-state index contributed by atoms with van der Waals surface area (Å²) in [7, 11) is 1.73. The summed E-state index contributed by atoms with van der Waals surface area (Å²) < 4.78 is 5.72. The van der Waals surface area contributed by atoms with Crippen LogP contribution in [0, 0.1) is 19.8 Å². The fraction of sp³-hybridized carbons (Fsp3) is 0.450. The van der Waals surface area contributed by atoms with Gasteiger partial charge in [0.15, 0.2) is 0 Å². The Balaban J connectivity index is 1.69. The van der Waals surface area contributed by atoms with Crippen molar-refractivity contribution < 1.29 is 9.53 Å². The third-order valence-corrected chi connectivity index (χ3v) is 4.96. The lowest BCUT2D eigenvalue weighted by molar-refractivity contribution is -0.00702. The number of benzene rings is 1. The maximum Gasteiger partial charge on any atom is 0.257 e. The molecule has 3 rings (SSSR count). The van der Waals surface area contributed by atoms with E-state index in [1.807, 2.05) is 24.8 Å². The summed E-state index contributed by atoms with van der Waals surface area (Å²) in [6.45, 7) is 5.04. The topological polar surface area (TPSA) is 55.3 Å². The molecule has 2 atom stereocenters. The maximum atomic E-state index is 12.8. The van der Waals surface area contributed by atoms with Gasteiger partial charge in [-0.05, 0) is 38.2 Å². The standard InChI is InChI=1S/C20H25N3O2/c1-14-18(12-21-15(2)22-14)20(24)23-10-9-17(19(13-23)25-3)11-16-7-5-4-6-8-16/h4-8,12,17,19H,9-11,13H2,1-3H3/t17-,19+/m1/s1. The number of aryl methyl sites for hydroxylation is 2. The lowest BCUT2D eigenvalue weighted by Crippen LogP contribution is -2.48. The molecule has 1 fully saturated rings. The van der Waals surface area contributed by atoms with E-state index < -0.39 is 0 Å². The molecule has 0 saturated carbocycles. The van der Waals surface area contributed by atoms with Crippen LogP contribution in [0.3, 0.4) is 0 Å². The first-order valence-corrected chi connectivity index (χ1v) is 8.74. The van der Waals surface area contributed by atoms with E-state index in [1.54, 1.807) is 13.3 Å². The van der Waals surface area contributed by atoms with Gasteiger partial charge in [0, 0.05) is 26.4 Å². The van der Waals surface area contributed by atoms with Crippen molar-refractivity contribution in [1.29, 1.82) is 0 Å². The molecule has 1 saturated heterocycles. The van der Waals surface area contributed by atoms with Crippen LogP contribution in [0.5, 0.6) is 0 Å². The number of amides is 1. The summed E-state index contributed by atoms with van der Waals surface area (Å²) in [5.41, 5.74) is 2.64. The van der Waals surface area contributed by atoms with E-state index in [0.717, 1.165) is 25.1 Å². The number of methoxy groups -OCH3 is 1. The Labute approximate surface area is 149 Å². The van der Waals surface area contributed by atoms with Crippen LogP contribution in [0.15, 0.2) is 36.5 Å². The van der Waals surface area contributed by atoms with Crippen LogP contribution in [0.25, 0.3) is 0 Å². The monoisotopic (exact) mass is 339 g/mol. The Morgan fingerprint density at radius 1 is 1.28 bits per heavy atom. The quantitative estimate of drug-likeness (QED) is 0.859. The Kier molecular flexibility index (Phi) is 5.43. The van der Waals surface area contributed by atoms with Gasteiger partial charge in [-0.3, -0.25) is 4.79 Å². The van der Waals surface area contributed by atoms with E-state index in [0.29, 0.717) is 23.9 Å². The van der Waals surface area contributed by atoms with Gasteiger partial charge in [0.25, 0.3) is 5.91 Å². The molecule has 1 aromatic carbocycles. The van der Waals surface area contributed by atoms with E-state index in [2.05, 4.69) is 34.2 Å². The Hall–Kier alpha value is -2.27. The number of hydrogen-bond acceptors (Lipinski definition) is 4. The largest absolute Gasteiger partial charge is 0.379 e. The van der Waals surface area contributed by atoms with Crippen LogP contribution >= 0.6 is 0 Å². The van der Waals surface area contributed by atoms with Gasteiger partial charge in [0.2, 0.25) is 0 Å². The van der Waals surface area contributed by atoms with Gasteiger partial charge in [-0.2, -0.15) is 0 Å². The van der Waals surface area contributed by atoms with Crippen molar-refractivity contribution in [2.24, 2.45) is 5.92 Å². The smallest absolute Gasteiger partial charge is 0.257 e. The molecule has 132 valence electrons. The van der Waals surface area contributed by atoms with Crippen LogP contribution < -0.4 is 0 Å². The maximum absolute atomic E-state index is 12.8. The summed E-state index contributed by atoms with van der Waals surface area (Å²) in [6, 6.07) is 10.5. The number of likely N-dealkylation sites (tertiary alicyclic amines) is 1. The molecule has 2 heterocycles. The predicted molar refractivity (Wildman–Crippen MR) is 96.5 cm³/mol. The molecule has 5 heteroatoms. The zero-order valence-corrected chi connectivity index (χ0v) is 15.1. The molecule has 1 aliphatic heterocycles. The number of carbonyl (C=O) groups excluding carboxylic acids is 1. The first kappa shape index (κ1) is 17.5. The number of nitrogens with zero attached hydrogens (tertiary/aromatic N) is 3. The third-order valence-electron chi connectivity index (χ3n) is 4.96. The number of hydrogen-bond donors (Lipinski definition) is 0. The molecule has 2 aromatic rings. The van der Waals surface area contributed by atoms with Crippen molar-refractivity contribution in [3.8, 4) is 0 Å². The molecule has 0 N–H and O–H groups in total. The van der Waals surface area contributed by atoms with Crippen molar-refractivity contribution in [3.05, 3.63) is 59.2 Å². The van der Waals surface area contributed by atoms with Gasteiger partial charge in [0.05, 0.1) is 17.4 Å². The lowest BCUT2D eigenvalue weighted by atomic mass is 9.87. The van der Waals surface area contributed by atoms with Gasteiger partial charge < -0.3 is 9.64 Å². The molecule has 0 aliphatic carbocycles. The summed E-state index contributed by atoms with van der Waals surface area (Å²) in [4.78, 5) is 23.2. The number of rotatable bonds is 4. The molecule has 0 radical (unpaired) electrons. The van der Waals surface area contributed by atoms with Crippen molar-refractivity contribution in [3.63, 3.8) is 0 Å². The highest BCUT2D eigenvalue weighted by atomic mass is 16.5. The molecular weight excluding hydrogens is 314 g/mol. The molecule has 1 aromatic heterocycles. The average Bonchev–Trinajstić information content (AvgIpc) is 2.62. The molecule has 1 amide bonds. The molecule has 5 nitrogen and oxygen atoms in total. The lowest BCUT2D eigenvalue weighted by Gasteiger charge is -2.38. The van der Waals surface area contributed by atoms with Crippen molar-refractivity contribution in [2.75, 3.05) is 20.2 Å². The molecule has 0 bridgehead atoms. The highest BCUT2D eigenvalue weighted by molar-refractivity contribution is 5.95. The minimum absolute atomic E-state index is 0.00212. The van der Waals surface area contributed by atoms with Crippen LogP contribution in [0.1, 0.15) is 33.9 Å². The highest BCUT2D eigenvalue weighted by Crippen LogP contribution is 2.25. The van der Waals surface area contributed by atoms with Crippen LogP contribution in [0.4, 0.5) is 0 Å². The third kappa shape index (κ3) is 4.04. The predicted octanol–water partition coefficient (Wildman–Crippen LogP) is 2.81. The summed E-state index contributed by atoms with van der Waals surface area (Å²) in [6.07, 6.45) is 3.60. The number of piperidine rings is 1. The summed E-state index contributed by atoms with van der Waals surface area (Å²) in [5, 5.41) is 0. The first-order chi connectivity index (χ1) is 12.1. The molecule has 25 heavy (non-hydrogen) atoms. The minimum Gasteiger partial charge on any atom is -0.379 e. The number of ether oxygens (including phenoxy) is 1. The SMILES string of the molecule is CO[C@H]1CN(C(=O)c2cnc(C)nc2C)CC[C@@H]1Cc1ccccc1. The van der Waals surface area contributed by atoms with Crippen molar-refractivity contribution in [1.82, 2.24) is 14.9 Å². The molecule has 1 aliphatic rings. The molecule has 0 unspecified atom stereocenters. The van der Waals surface area contributed by atoms with Gasteiger partial charge in [0.1, 0.15) is 5.82 Å². The van der Waals surface area contributed by atoms with Gasteiger partial charge in [-0.15, -0.1) is 0 Å².